The molecule has 2 N–H and O–H groups in total. The molecule has 0 fully saturated rings. The van der Waals surface area contributed by atoms with E-state index in [0.29, 0.717) is 5.69 Å². The Bertz CT molecular complexity index is 503. The SMILES string of the molecule is COC(=O)NS(=O)(=O)Nc1cccc(CCl)c1. The second kappa shape index (κ2) is 5.74. The zero-order chi connectivity index (χ0) is 12.9. The molecule has 1 amide bonds. The molecule has 0 aliphatic heterocycles. The maximum Gasteiger partial charge on any atom is 0.422 e. The molecule has 6 nitrogen and oxygen atoms in total. The van der Waals surface area contributed by atoms with Crippen LogP contribution in [-0.2, 0) is 20.8 Å². The normalized spacial score (nSPS) is 10.7. The number of hydrogen-bond acceptors (Lipinski definition) is 4. The van der Waals surface area contributed by atoms with Crippen LogP contribution in [0.25, 0.3) is 0 Å². The van der Waals surface area contributed by atoms with Crippen LogP contribution in [0.4, 0.5) is 10.5 Å². The molecule has 0 unspecified atom stereocenters. The van der Waals surface area contributed by atoms with Gasteiger partial charge in [0.05, 0.1) is 12.8 Å². The topological polar surface area (TPSA) is 84.5 Å². The van der Waals surface area contributed by atoms with Crippen molar-refractivity contribution in [3.05, 3.63) is 29.8 Å². The third-order valence-corrected chi connectivity index (χ3v) is 2.99. The summed E-state index contributed by atoms with van der Waals surface area (Å²) in [5.41, 5.74) is 1.06. The minimum Gasteiger partial charge on any atom is -0.452 e. The second-order valence-electron chi connectivity index (χ2n) is 3.03. The van der Waals surface area contributed by atoms with Crippen molar-refractivity contribution in [3.8, 4) is 0 Å². The number of anilines is 1. The van der Waals surface area contributed by atoms with Gasteiger partial charge in [-0.3, -0.25) is 4.72 Å². The van der Waals surface area contributed by atoms with Gasteiger partial charge in [0.25, 0.3) is 0 Å². The molecule has 0 heterocycles. The van der Waals surface area contributed by atoms with Crippen molar-refractivity contribution in [1.29, 1.82) is 0 Å². The van der Waals surface area contributed by atoms with E-state index in [2.05, 4.69) is 9.46 Å². The first-order valence-corrected chi connectivity index (χ1v) is 6.52. The number of ether oxygens (including phenoxy) is 1. The number of rotatable bonds is 4. The monoisotopic (exact) mass is 278 g/mol. The van der Waals surface area contributed by atoms with Gasteiger partial charge in [-0.15, -0.1) is 11.6 Å². The molecule has 0 atom stereocenters. The maximum atomic E-state index is 11.4. The van der Waals surface area contributed by atoms with Gasteiger partial charge in [0.1, 0.15) is 0 Å². The van der Waals surface area contributed by atoms with Crippen molar-refractivity contribution in [2.75, 3.05) is 11.8 Å². The fraction of sp³-hybridized carbons (Fsp3) is 0.222. The number of hydrogen-bond donors (Lipinski definition) is 2. The Kier molecular flexibility index (Phi) is 4.59. The summed E-state index contributed by atoms with van der Waals surface area (Å²) in [6.45, 7) is 0. The summed E-state index contributed by atoms with van der Waals surface area (Å²) < 4.78 is 30.8. The number of alkyl halides is 1. The minimum atomic E-state index is -3.99. The molecule has 0 aromatic heterocycles. The Labute approximate surface area is 104 Å². The maximum absolute atomic E-state index is 11.4. The standard InChI is InChI=1S/C9H11ClN2O4S/c1-16-9(13)12-17(14,15)11-8-4-2-3-7(5-8)6-10/h2-5,11H,6H2,1H3,(H,12,13). The molecule has 0 bridgehead atoms. The largest absolute Gasteiger partial charge is 0.452 e. The Morgan fingerprint density at radius 2 is 2.18 bits per heavy atom. The van der Waals surface area contributed by atoms with E-state index in [-0.39, 0.29) is 5.88 Å². The van der Waals surface area contributed by atoms with E-state index in [0.717, 1.165) is 12.7 Å². The fourth-order valence-corrected chi connectivity index (χ4v) is 2.01. The molecule has 0 saturated carbocycles. The van der Waals surface area contributed by atoms with E-state index in [9.17, 15) is 13.2 Å². The van der Waals surface area contributed by atoms with E-state index >= 15 is 0 Å². The second-order valence-corrected chi connectivity index (χ2v) is 4.72. The van der Waals surface area contributed by atoms with Gasteiger partial charge < -0.3 is 4.74 Å². The summed E-state index contributed by atoms with van der Waals surface area (Å²) in [4.78, 5) is 10.8. The van der Waals surface area contributed by atoms with E-state index in [1.54, 1.807) is 22.9 Å². The third kappa shape index (κ3) is 4.49. The van der Waals surface area contributed by atoms with Crippen molar-refractivity contribution < 1.29 is 17.9 Å². The molecule has 17 heavy (non-hydrogen) atoms. The van der Waals surface area contributed by atoms with Gasteiger partial charge in [-0.1, -0.05) is 12.1 Å². The molecule has 0 spiro atoms. The van der Waals surface area contributed by atoms with Crippen LogP contribution < -0.4 is 9.44 Å². The van der Waals surface area contributed by atoms with Crippen LogP contribution in [-0.4, -0.2) is 21.6 Å². The Morgan fingerprint density at radius 1 is 1.47 bits per heavy atom. The Morgan fingerprint density at radius 3 is 2.76 bits per heavy atom. The van der Waals surface area contributed by atoms with Crippen LogP contribution in [0.1, 0.15) is 5.56 Å². The lowest BCUT2D eigenvalue weighted by molar-refractivity contribution is 0.177. The van der Waals surface area contributed by atoms with Crippen molar-refractivity contribution in [3.63, 3.8) is 0 Å². The van der Waals surface area contributed by atoms with Gasteiger partial charge in [-0.25, -0.2) is 9.52 Å². The van der Waals surface area contributed by atoms with Crippen LogP contribution in [0.2, 0.25) is 0 Å². The van der Waals surface area contributed by atoms with E-state index in [1.807, 2.05) is 0 Å². The smallest absolute Gasteiger partial charge is 0.422 e. The lowest BCUT2D eigenvalue weighted by atomic mass is 10.2. The molecule has 8 heteroatoms. The average molecular weight is 279 g/mol. The van der Waals surface area contributed by atoms with Gasteiger partial charge in [-0.2, -0.15) is 8.42 Å². The van der Waals surface area contributed by atoms with Crippen molar-refractivity contribution >= 4 is 33.6 Å². The zero-order valence-corrected chi connectivity index (χ0v) is 10.5. The predicted octanol–water partition coefficient (Wildman–Crippen LogP) is 1.44. The van der Waals surface area contributed by atoms with Crippen LogP contribution >= 0.6 is 11.6 Å². The average Bonchev–Trinajstić information content (AvgIpc) is 2.27. The minimum absolute atomic E-state index is 0.264. The fourth-order valence-electron chi connectivity index (χ4n) is 1.05. The molecule has 1 rings (SSSR count). The molecule has 0 saturated heterocycles. The summed E-state index contributed by atoms with van der Waals surface area (Å²) in [5.74, 6) is 0.264. The van der Waals surface area contributed by atoms with Crippen LogP contribution in [0, 0.1) is 0 Å². The van der Waals surface area contributed by atoms with Gasteiger partial charge in [0, 0.05) is 5.88 Å². The summed E-state index contributed by atoms with van der Waals surface area (Å²) in [6.07, 6.45) is -1.06. The summed E-state index contributed by atoms with van der Waals surface area (Å²) in [7, 11) is -2.92. The van der Waals surface area contributed by atoms with Gasteiger partial charge in [-0.05, 0) is 17.7 Å². The lowest BCUT2D eigenvalue weighted by Gasteiger charge is -2.08. The number of carbonyl (C=O) groups is 1. The molecule has 1 aromatic carbocycles. The number of methoxy groups -OCH3 is 1. The van der Waals surface area contributed by atoms with Crippen molar-refractivity contribution in [2.24, 2.45) is 0 Å². The number of amides is 1. The van der Waals surface area contributed by atoms with Gasteiger partial charge >= 0.3 is 16.3 Å². The molecular weight excluding hydrogens is 268 g/mol. The highest BCUT2D eigenvalue weighted by Crippen LogP contribution is 2.13. The molecule has 0 aliphatic carbocycles. The number of halogens is 1. The quantitative estimate of drug-likeness (QED) is 0.816. The molecule has 94 valence electrons. The van der Waals surface area contributed by atoms with E-state index in [4.69, 9.17) is 11.6 Å². The number of nitrogens with one attached hydrogen (secondary N) is 2. The molecule has 1 aromatic rings. The third-order valence-electron chi connectivity index (χ3n) is 1.74. The molecule has 0 aliphatic rings. The van der Waals surface area contributed by atoms with Crippen LogP contribution in [0.5, 0.6) is 0 Å². The summed E-state index contributed by atoms with van der Waals surface area (Å²) in [6, 6.07) is 6.49. The van der Waals surface area contributed by atoms with Gasteiger partial charge in [0.2, 0.25) is 0 Å². The molecule has 0 radical (unpaired) electrons. The lowest BCUT2D eigenvalue weighted by Crippen LogP contribution is -2.35. The Hall–Kier alpha value is -1.47. The highest BCUT2D eigenvalue weighted by atomic mass is 35.5. The van der Waals surface area contributed by atoms with Crippen LogP contribution in [0.3, 0.4) is 0 Å². The van der Waals surface area contributed by atoms with E-state index in [1.165, 1.54) is 6.07 Å². The number of benzene rings is 1. The van der Waals surface area contributed by atoms with Crippen molar-refractivity contribution in [1.82, 2.24) is 4.72 Å². The highest BCUT2D eigenvalue weighted by Gasteiger charge is 2.14. The van der Waals surface area contributed by atoms with E-state index < -0.39 is 16.3 Å². The van der Waals surface area contributed by atoms with Gasteiger partial charge in [0.15, 0.2) is 0 Å². The first kappa shape index (κ1) is 13.6. The van der Waals surface area contributed by atoms with Crippen molar-refractivity contribution in [2.45, 2.75) is 5.88 Å². The predicted molar refractivity (Wildman–Crippen MR) is 64.1 cm³/mol. The molecular formula is C9H11ClN2O4S. The Balaban J connectivity index is 2.79. The summed E-state index contributed by atoms with van der Waals surface area (Å²) in [5, 5.41) is 0. The first-order valence-electron chi connectivity index (χ1n) is 4.50. The van der Waals surface area contributed by atoms with Crippen LogP contribution in [0.15, 0.2) is 24.3 Å². The first-order chi connectivity index (χ1) is 7.96. The highest BCUT2D eigenvalue weighted by molar-refractivity contribution is 7.91. The zero-order valence-electron chi connectivity index (χ0n) is 8.94. The number of carbonyl (C=O) groups excluding carboxylic acids is 1. The summed E-state index contributed by atoms with van der Waals surface area (Å²) >= 11 is 5.61.